The number of hydrogen-bond acceptors (Lipinski definition) is 4. The van der Waals surface area contributed by atoms with Crippen molar-refractivity contribution in [3.05, 3.63) is 23.8 Å². The van der Waals surface area contributed by atoms with Crippen molar-refractivity contribution in [2.45, 2.75) is 52.1 Å². The second-order valence-electron chi connectivity index (χ2n) is 5.85. The third-order valence-corrected chi connectivity index (χ3v) is 4.74. The number of aliphatic hydroxyl groups is 1. The summed E-state index contributed by atoms with van der Waals surface area (Å²) in [6.45, 7) is 4.61. The molecule has 0 amide bonds. The normalized spacial score (nSPS) is 29.2. The van der Waals surface area contributed by atoms with Gasteiger partial charge in [0.2, 0.25) is 0 Å². The molecule has 0 spiro atoms. The van der Waals surface area contributed by atoms with Gasteiger partial charge in [0.05, 0.1) is 5.69 Å². The Labute approximate surface area is 115 Å². The van der Waals surface area contributed by atoms with Gasteiger partial charge in [-0.05, 0) is 44.6 Å². The smallest absolute Gasteiger partial charge is 0.125 e. The molecule has 1 fully saturated rings. The Hall–Kier alpha value is -1.00. The lowest BCUT2D eigenvalue weighted by Crippen LogP contribution is -2.40. The van der Waals surface area contributed by atoms with Crippen molar-refractivity contribution in [1.29, 1.82) is 0 Å². The lowest BCUT2D eigenvalue weighted by atomic mass is 9.66. The summed E-state index contributed by atoms with van der Waals surface area (Å²) in [7, 11) is 0. The molecule has 1 unspecified atom stereocenters. The number of aromatic nitrogens is 2. The Balaban J connectivity index is 2.17. The summed E-state index contributed by atoms with van der Waals surface area (Å²) >= 11 is 0. The minimum atomic E-state index is -0.572. The first-order valence-electron chi connectivity index (χ1n) is 7.29. The Morgan fingerprint density at radius 1 is 1.47 bits per heavy atom. The van der Waals surface area contributed by atoms with E-state index in [4.69, 9.17) is 5.73 Å². The van der Waals surface area contributed by atoms with Crippen LogP contribution in [0.15, 0.2) is 12.3 Å². The Bertz CT molecular complexity index is 414. The van der Waals surface area contributed by atoms with Gasteiger partial charge >= 0.3 is 0 Å². The van der Waals surface area contributed by atoms with Gasteiger partial charge in [-0.1, -0.05) is 13.3 Å². The molecule has 3 N–H and O–H groups in total. The molecule has 0 aliphatic heterocycles. The van der Waals surface area contributed by atoms with E-state index in [1.807, 2.05) is 6.92 Å². The molecule has 19 heavy (non-hydrogen) atoms. The van der Waals surface area contributed by atoms with E-state index in [1.165, 1.54) is 6.42 Å². The number of aliphatic hydroxyl groups excluding tert-OH is 1. The minimum absolute atomic E-state index is 0.202. The van der Waals surface area contributed by atoms with Crippen molar-refractivity contribution in [2.24, 2.45) is 17.1 Å². The highest BCUT2D eigenvalue weighted by Gasteiger charge is 2.41. The second kappa shape index (κ2) is 5.97. The highest BCUT2D eigenvalue weighted by Crippen LogP contribution is 2.47. The highest BCUT2D eigenvalue weighted by molar-refractivity contribution is 5.10. The number of hydrogen-bond donors (Lipinski definition) is 2. The highest BCUT2D eigenvalue weighted by atomic mass is 16.3. The van der Waals surface area contributed by atoms with E-state index in [-0.39, 0.29) is 5.41 Å². The number of nitrogens with zero attached hydrogens (tertiary/aromatic N) is 2. The lowest BCUT2D eigenvalue weighted by molar-refractivity contribution is -0.0131. The van der Waals surface area contributed by atoms with E-state index in [0.717, 1.165) is 31.6 Å². The third-order valence-electron chi connectivity index (χ3n) is 4.74. The number of rotatable bonds is 4. The van der Waals surface area contributed by atoms with Crippen LogP contribution in [0.4, 0.5) is 0 Å². The van der Waals surface area contributed by atoms with Gasteiger partial charge in [-0.15, -0.1) is 0 Å². The Morgan fingerprint density at radius 2 is 2.16 bits per heavy atom. The summed E-state index contributed by atoms with van der Waals surface area (Å²) in [5.74, 6) is 1.49. The molecule has 4 heteroatoms. The van der Waals surface area contributed by atoms with Crippen LogP contribution in [0.25, 0.3) is 0 Å². The van der Waals surface area contributed by atoms with Crippen molar-refractivity contribution in [2.75, 3.05) is 6.54 Å². The topological polar surface area (TPSA) is 72.0 Å². The van der Waals surface area contributed by atoms with Gasteiger partial charge < -0.3 is 10.8 Å². The zero-order chi connectivity index (χ0) is 13.9. The molecule has 1 atom stereocenters. The molecule has 1 heterocycles. The average molecular weight is 263 g/mol. The predicted octanol–water partition coefficient (Wildman–Crippen LogP) is 2.36. The maximum Gasteiger partial charge on any atom is 0.125 e. The molecule has 1 aliphatic carbocycles. The maximum atomic E-state index is 10.7. The van der Waals surface area contributed by atoms with Crippen LogP contribution in [-0.4, -0.2) is 21.6 Å². The summed E-state index contributed by atoms with van der Waals surface area (Å²) in [5, 5.41) is 10.7. The monoisotopic (exact) mass is 263 g/mol. The van der Waals surface area contributed by atoms with Crippen molar-refractivity contribution >= 4 is 0 Å². The van der Waals surface area contributed by atoms with Gasteiger partial charge in [0.1, 0.15) is 11.9 Å². The summed E-state index contributed by atoms with van der Waals surface area (Å²) in [6, 6.07) is 1.81. The molecule has 106 valence electrons. The van der Waals surface area contributed by atoms with Gasteiger partial charge in [-0.2, -0.15) is 0 Å². The summed E-state index contributed by atoms with van der Waals surface area (Å²) < 4.78 is 0. The molecule has 0 aromatic carbocycles. The van der Waals surface area contributed by atoms with E-state index in [0.29, 0.717) is 18.1 Å². The first-order chi connectivity index (χ1) is 9.11. The second-order valence-corrected chi connectivity index (χ2v) is 5.85. The molecule has 1 aliphatic rings. The minimum Gasteiger partial charge on any atom is -0.386 e. The fourth-order valence-corrected chi connectivity index (χ4v) is 3.19. The van der Waals surface area contributed by atoms with Crippen LogP contribution in [-0.2, 0) is 0 Å². The van der Waals surface area contributed by atoms with Crippen LogP contribution in [0.2, 0.25) is 0 Å². The quantitative estimate of drug-likeness (QED) is 0.874. The van der Waals surface area contributed by atoms with E-state index in [9.17, 15) is 5.11 Å². The molecule has 0 radical (unpaired) electrons. The average Bonchev–Trinajstić information content (AvgIpc) is 2.46. The van der Waals surface area contributed by atoms with Gasteiger partial charge in [-0.3, -0.25) is 0 Å². The predicted molar refractivity (Wildman–Crippen MR) is 75.5 cm³/mol. The van der Waals surface area contributed by atoms with Crippen molar-refractivity contribution in [3.63, 3.8) is 0 Å². The van der Waals surface area contributed by atoms with Crippen LogP contribution in [0.5, 0.6) is 0 Å². The standard InChI is InChI=1S/C15H25N3O/c1-3-12-4-7-15(10-16,8-5-12)14(19)13-6-9-17-11(2)18-13/h6,9,12,14,19H,3-5,7-8,10,16H2,1-2H3. The maximum absolute atomic E-state index is 10.7. The number of aryl methyl sites for hydroxylation is 1. The van der Waals surface area contributed by atoms with Crippen LogP contribution in [0.3, 0.4) is 0 Å². The van der Waals surface area contributed by atoms with E-state index in [2.05, 4.69) is 16.9 Å². The van der Waals surface area contributed by atoms with E-state index < -0.39 is 6.10 Å². The SMILES string of the molecule is CCC1CCC(CN)(C(O)c2ccnc(C)n2)CC1. The van der Waals surface area contributed by atoms with Crippen molar-refractivity contribution in [1.82, 2.24) is 9.97 Å². The van der Waals surface area contributed by atoms with Crippen LogP contribution < -0.4 is 5.73 Å². The molecule has 4 nitrogen and oxygen atoms in total. The molecule has 0 saturated heterocycles. The largest absolute Gasteiger partial charge is 0.386 e. The fourth-order valence-electron chi connectivity index (χ4n) is 3.19. The summed E-state index contributed by atoms with van der Waals surface area (Å²) in [4.78, 5) is 8.45. The van der Waals surface area contributed by atoms with Gasteiger partial charge in [0.25, 0.3) is 0 Å². The first-order valence-corrected chi connectivity index (χ1v) is 7.29. The van der Waals surface area contributed by atoms with Crippen molar-refractivity contribution in [3.8, 4) is 0 Å². The first kappa shape index (κ1) is 14.4. The van der Waals surface area contributed by atoms with Crippen LogP contribution in [0.1, 0.15) is 56.7 Å². The lowest BCUT2D eigenvalue weighted by Gasteiger charge is -2.42. The van der Waals surface area contributed by atoms with Crippen LogP contribution in [0, 0.1) is 18.3 Å². The van der Waals surface area contributed by atoms with E-state index >= 15 is 0 Å². The summed E-state index contributed by atoms with van der Waals surface area (Å²) in [5.41, 5.74) is 6.51. The number of nitrogens with two attached hydrogens (primary N) is 1. The van der Waals surface area contributed by atoms with Crippen LogP contribution >= 0.6 is 0 Å². The fraction of sp³-hybridized carbons (Fsp3) is 0.733. The zero-order valence-corrected chi connectivity index (χ0v) is 12.0. The molecule has 1 aromatic heterocycles. The summed E-state index contributed by atoms with van der Waals surface area (Å²) in [6.07, 6.45) is 6.67. The van der Waals surface area contributed by atoms with E-state index in [1.54, 1.807) is 12.3 Å². The van der Waals surface area contributed by atoms with Gasteiger partial charge in [0.15, 0.2) is 0 Å². The molecular weight excluding hydrogens is 238 g/mol. The Morgan fingerprint density at radius 3 is 2.68 bits per heavy atom. The molecule has 1 aromatic rings. The third kappa shape index (κ3) is 2.95. The molecule has 0 bridgehead atoms. The molecular formula is C15H25N3O. The zero-order valence-electron chi connectivity index (χ0n) is 12.0. The van der Waals surface area contributed by atoms with Gasteiger partial charge in [-0.25, -0.2) is 9.97 Å². The molecule has 2 rings (SSSR count). The molecule has 1 saturated carbocycles. The Kier molecular flexibility index (Phi) is 4.53. The van der Waals surface area contributed by atoms with Crippen molar-refractivity contribution < 1.29 is 5.11 Å². The van der Waals surface area contributed by atoms with Gasteiger partial charge in [0, 0.05) is 18.2 Å².